The number of aryl methyl sites for hydroxylation is 2. The summed E-state index contributed by atoms with van der Waals surface area (Å²) in [6.45, 7) is 1.44. The van der Waals surface area contributed by atoms with Gasteiger partial charge in [-0.1, -0.05) is 36.4 Å². The van der Waals surface area contributed by atoms with Gasteiger partial charge in [0.25, 0.3) is 5.91 Å². The first-order chi connectivity index (χ1) is 18.6. The Labute approximate surface area is 218 Å². The zero-order chi connectivity index (χ0) is 25.8. The van der Waals surface area contributed by atoms with Gasteiger partial charge in [-0.3, -0.25) is 9.36 Å². The minimum absolute atomic E-state index is 0.0176. The van der Waals surface area contributed by atoms with Gasteiger partial charge in [0.15, 0.2) is 17.0 Å². The van der Waals surface area contributed by atoms with Crippen LogP contribution in [0, 0.1) is 0 Å². The van der Waals surface area contributed by atoms with Crippen molar-refractivity contribution in [2.24, 2.45) is 7.05 Å². The molecule has 4 heterocycles. The standard InChI is InChI=1S/C28H28N8O2/c1-34-24-23(33-26(34)27(37)31-20-11-10-17-6-2-3-7-19(17)20)25(30-16-29-24)35-14-12-18(13-15-35)36-22-9-5-4-8-21(22)32-28(36)38/h2-9,16,18,20H,10-15H2,1H3,(H,31,37)(H,32,38). The van der Waals surface area contributed by atoms with E-state index in [0.717, 1.165) is 55.6 Å². The Kier molecular flexibility index (Phi) is 5.27. The van der Waals surface area contributed by atoms with Gasteiger partial charge in [-0.2, -0.15) is 0 Å². The van der Waals surface area contributed by atoms with Crippen LogP contribution in [-0.4, -0.2) is 48.1 Å². The minimum atomic E-state index is -0.212. The highest BCUT2D eigenvalue weighted by atomic mass is 16.2. The summed E-state index contributed by atoms with van der Waals surface area (Å²) >= 11 is 0. The number of amides is 1. The number of piperidine rings is 1. The van der Waals surface area contributed by atoms with Gasteiger partial charge < -0.3 is 19.8 Å². The van der Waals surface area contributed by atoms with Gasteiger partial charge in [-0.15, -0.1) is 0 Å². The SMILES string of the molecule is Cn1c(C(=O)NC2CCc3ccccc32)nc2c(N3CCC(n4c(=O)[nH]c5ccccc54)CC3)ncnc21. The lowest BCUT2D eigenvalue weighted by atomic mass is 10.0. The maximum Gasteiger partial charge on any atom is 0.326 e. The van der Waals surface area contributed by atoms with E-state index in [-0.39, 0.29) is 23.7 Å². The fraction of sp³-hybridized carbons (Fsp3) is 0.321. The van der Waals surface area contributed by atoms with Gasteiger partial charge in [-0.25, -0.2) is 19.7 Å². The summed E-state index contributed by atoms with van der Waals surface area (Å²) in [6, 6.07) is 16.1. The van der Waals surface area contributed by atoms with Crippen molar-refractivity contribution in [2.75, 3.05) is 18.0 Å². The Balaban J connectivity index is 1.13. The molecule has 1 saturated heterocycles. The third-order valence-electron chi connectivity index (χ3n) is 8.03. The van der Waals surface area contributed by atoms with E-state index >= 15 is 0 Å². The average Bonchev–Trinajstić information content (AvgIpc) is 3.61. The number of imidazole rings is 2. The highest BCUT2D eigenvalue weighted by Gasteiger charge is 2.29. The predicted octanol–water partition coefficient (Wildman–Crippen LogP) is 3.27. The van der Waals surface area contributed by atoms with Gasteiger partial charge in [0.1, 0.15) is 6.33 Å². The summed E-state index contributed by atoms with van der Waals surface area (Å²) in [5.74, 6) is 0.836. The predicted molar refractivity (Wildman–Crippen MR) is 144 cm³/mol. The van der Waals surface area contributed by atoms with E-state index in [0.29, 0.717) is 17.0 Å². The zero-order valence-corrected chi connectivity index (χ0v) is 21.1. The van der Waals surface area contributed by atoms with Crippen LogP contribution in [-0.2, 0) is 13.5 Å². The van der Waals surface area contributed by atoms with Gasteiger partial charge in [0.05, 0.1) is 17.1 Å². The quantitative estimate of drug-likeness (QED) is 0.385. The maximum absolute atomic E-state index is 13.3. The van der Waals surface area contributed by atoms with Crippen molar-refractivity contribution >= 4 is 33.9 Å². The molecule has 1 fully saturated rings. The summed E-state index contributed by atoms with van der Waals surface area (Å²) in [4.78, 5) is 44.9. The highest BCUT2D eigenvalue weighted by Crippen LogP contribution is 2.32. The summed E-state index contributed by atoms with van der Waals surface area (Å²) in [5.41, 5.74) is 5.44. The first-order valence-electron chi connectivity index (χ1n) is 13.1. The van der Waals surface area contributed by atoms with Crippen LogP contribution < -0.4 is 15.9 Å². The van der Waals surface area contributed by atoms with Gasteiger partial charge in [0, 0.05) is 26.2 Å². The number of fused-ring (bicyclic) bond motifs is 3. The summed E-state index contributed by atoms with van der Waals surface area (Å²) < 4.78 is 3.63. The molecule has 2 aromatic carbocycles. The molecule has 1 atom stereocenters. The largest absolute Gasteiger partial charge is 0.355 e. The van der Waals surface area contributed by atoms with Crippen LogP contribution in [0.5, 0.6) is 0 Å². The fourth-order valence-electron chi connectivity index (χ4n) is 6.12. The molecule has 7 rings (SSSR count). The number of benzene rings is 2. The van der Waals surface area contributed by atoms with Crippen molar-refractivity contribution in [1.82, 2.24) is 34.4 Å². The molecule has 2 aliphatic rings. The van der Waals surface area contributed by atoms with Crippen molar-refractivity contribution < 1.29 is 4.79 Å². The minimum Gasteiger partial charge on any atom is -0.355 e. The molecule has 192 valence electrons. The first-order valence-corrected chi connectivity index (χ1v) is 13.1. The molecule has 0 spiro atoms. The van der Waals surface area contributed by atoms with E-state index in [2.05, 4.69) is 37.3 Å². The molecule has 0 radical (unpaired) electrons. The van der Waals surface area contributed by atoms with Gasteiger partial charge >= 0.3 is 5.69 Å². The van der Waals surface area contributed by atoms with Crippen molar-refractivity contribution in [3.63, 3.8) is 0 Å². The third kappa shape index (κ3) is 3.59. The molecule has 0 bridgehead atoms. The Bertz CT molecular complexity index is 1740. The van der Waals surface area contributed by atoms with Crippen LogP contribution in [0.15, 0.2) is 59.7 Å². The van der Waals surface area contributed by atoms with E-state index < -0.39 is 0 Å². The van der Waals surface area contributed by atoms with E-state index in [9.17, 15) is 9.59 Å². The Morgan fingerprint density at radius 3 is 2.68 bits per heavy atom. The van der Waals surface area contributed by atoms with Crippen LogP contribution in [0.3, 0.4) is 0 Å². The lowest BCUT2D eigenvalue weighted by molar-refractivity contribution is 0.0923. The molecule has 1 amide bonds. The molecule has 0 saturated carbocycles. The molecule has 1 aliphatic carbocycles. The summed E-state index contributed by atoms with van der Waals surface area (Å²) in [7, 11) is 1.82. The van der Waals surface area contributed by atoms with Gasteiger partial charge in [0.2, 0.25) is 5.82 Å². The lowest BCUT2D eigenvalue weighted by Crippen LogP contribution is -2.37. The van der Waals surface area contributed by atoms with E-state index in [1.165, 1.54) is 17.5 Å². The smallest absolute Gasteiger partial charge is 0.326 e. The second-order valence-electron chi connectivity index (χ2n) is 10.2. The molecule has 10 nitrogen and oxygen atoms in total. The third-order valence-corrected chi connectivity index (χ3v) is 8.03. The van der Waals surface area contributed by atoms with Crippen LogP contribution in [0.2, 0.25) is 0 Å². The molecular formula is C28H28N8O2. The van der Waals surface area contributed by atoms with Crippen molar-refractivity contribution in [3.05, 3.63) is 82.3 Å². The Morgan fingerprint density at radius 2 is 1.82 bits per heavy atom. The number of aromatic amines is 1. The molecule has 5 aromatic rings. The van der Waals surface area contributed by atoms with Crippen LogP contribution >= 0.6 is 0 Å². The van der Waals surface area contributed by atoms with Crippen molar-refractivity contribution in [2.45, 2.75) is 37.8 Å². The number of nitrogens with zero attached hydrogens (tertiary/aromatic N) is 6. The monoisotopic (exact) mass is 508 g/mol. The van der Waals surface area contributed by atoms with Crippen LogP contribution in [0.1, 0.15) is 53.1 Å². The van der Waals surface area contributed by atoms with Crippen LogP contribution in [0.4, 0.5) is 5.82 Å². The fourth-order valence-corrected chi connectivity index (χ4v) is 6.12. The number of hydrogen-bond acceptors (Lipinski definition) is 6. The van der Waals surface area contributed by atoms with Gasteiger partial charge in [-0.05, 0) is 48.9 Å². The number of aromatic nitrogens is 6. The molecule has 2 N–H and O–H groups in total. The Morgan fingerprint density at radius 1 is 1.03 bits per heavy atom. The molecule has 38 heavy (non-hydrogen) atoms. The second-order valence-corrected chi connectivity index (χ2v) is 10.2. The lowest BCUT2D eigenvalue weighted by Gasteiger charge is -2.33. The summed E-state index contributed by atoms with van der Waals surface area (Å²) in [6.07, 6.45) is 4.97. The van der Waals surface area contributed by atoms with E-state index in [1.54, 1.807) is 4.57 Å². The number of para-hydroxylation sites is 2. The first kappa shape index (κ1) is 22.7. The maximum atomic E-state index is 13.3. The molecule has 1 unspecified atom stereocenters. The van der Waals surface area contributed by atoms with E-state index in [4.69, 9.17) is 4.98 Å². The molecule has 10 heteroatoms. The number of hydrogen-bond donors (Lipinski definition) is 2. The second kappa shape index (κ2) is 8.83. The summed E-state index contributed by atoms with van der Waals surface area (Å²) in [5, 5.41) is 3.17. The number of anilines is 1. The number of carbonyl (C=O) groups is 1. The number of nitrogens with one attached hydrogen (secondary N) is 2. The molecule has 3 aromatic heterocycles. The van der Waals surface area contributed by atoms with Crippen molar-refractivity contribution in [3.8, 4) is 0 Å². The van der Waals surface area contributed by atoms with Crippen molar-refractivity contribution in [1.29, 1.82) is 0 Å². The average molecular weight is 509 g/mol. The number of rotatable bonds is 4. The van der Waals surface area contributed by atoms with Crippen LogP contribution in [0.25, 0.3) is 22.2 Å². The number of H-pyrrole nitrogens is 1. The topological polar surface area (TPSA) is 114 Å². The molecular weight excluding hydrogens is 480 g/mol. The zero-order valence-electron chi connectivity index (χ0n) is 21.1. The number of carbonyl (C=O) groups excluding carboxylic acids is 1. The van der Waals surface area contributed by atoms with E-state index in [1.807, 2.05) is 48.0 Å². The Hall–Kier alpha value is -4.47. The normalized spacial score (nSPS) is 17.8. The molecule has 1 aliphatic heterocycles. The highest BCUT2D eigenvalue weighted by molar-refractivity contribution is 5.96.